The number of thiazole rings is 1. The monoisotopic (exact) mass is 327 g/mol. The Labute approximate surface area is 125 Å². The molecule has 102 valence electrons. The molecule has 2 nitrogen and oxygen atoms in total. The molecular formula is C13H7F2NOS3. The summed E-state index contributed by atoms with van der Waals surface area (Å²) in [6, 6.07) is 10.2. The highest BCUT2D eigenvalue weighted by Gasteiger charge is 2.42. The van der Waals surface area contributed by atoms with E-state index >= 15 is 0 Å². The summed E-state index contributed by atoms with van der Waals surface area (Å²) >= 11 is 2.38. The van der Waals surface area contributed by atoms with E-state index in [-0.39, 0.29) is 21.0 Å². The summed E-state index contributed by atoms with van der Waals surface area (Å²) in [6.07, 6.45) is 0. The minimum absolute atomic E-state index is 0.0589. The largest absolute Gasteiger partial charge is 0.363 e. The topological polar surface area (TPSA) is 30.0 Å². The van der Waals surface area contributed by atoms with Gasteiger partial charge in [0.15, 0.2) is 4.34 Å². The lowest BCUT2D eigenvalue weighted by Gasteiger charge is -2.10. The van der Waals surface area contributed by atoms with Crippen LogP contribution < -0.4 is 0 Å². The van der Waals surface area contributed by atoms with Gasteiger partial charge in [-0.2, -0.15) is 8.78 Å². The molecule has 0 saturated carbocycles. The van der Waals surface area contributed by atoms with E-state index in [1.54, 1.807) is 23.6 Å². The molecule has 2 aromatic heterocycles. The number of hydrogen-bond donors (Lipinski definition) is 0. The van der Waals surface area contributed by atoms with Crippen molar-refractivity contribution < 1.29 is 13.6 Å². The van der Waals surface area contributed by atoms with E-state index in [1.165, 1.54) is 6.07 Å². The molecule has 0 radical (unpaired) electrons. The number of halogens is 2. The molecular weight excluding hydrogens is 320 g/mol. The number of Topliss-reactive ketones (excluding diaryl/α,β-unsaturated/α-hetero) is 1. The molecule has 0 amide bonds. The molecule has 0 saturated heterocycles. The fraction of sp³-hybridized carbons (Fsp3) is 0.0769. The highest BCUT2D eigenvalue weighted by atomic mass is 32.2. The van der Waals surface area contributed by atoms with Crippen molar-refractivity contribution in [1.29, 1.82) is 0 Å². The number of thioether (sulfide) groups is 1. The molecule has 0 unspecified atom stereocenters. The van der Waals surface area contributed by atoms with Gasteiger partial charge in [0, 0.05) is 0 Å². The van der Waals surface area contributed by atoms with Crippen LogP contribution in [0.5, 0.6) is 0 Å². The molecule has 3 aromatic rings. The van der Waals surface area contributed by atoms with Crippen molar-refractivity contribution in [3.05, 3.63) is 46.7 Å². The second-order valence-corrected chi connectivity index (χ2v) is 7.21. The number of para-hydroxylation sites is 1. The van der Waals surface area contributed by atoms with Gasteiger partial charge < -0.3 is 0 Å². The number of ketones is 1. The fourth-order valence-corrected chi connectivity index (χ4v) is 4.38. The van der Waals surface area contributed by atoms with Crippen LogP contribution in [0.3, 0.4) is 0 Å². The lowest BCUT2D eigenvalue weighted by atomic mass is 10.3. The van der Waals surface area contributed by atoms with Gasteiger partial charge in [0.05, 0.1) is 15.1 Å². The molecule has 7 heteroatoms. The molecule has 1 aromatic carbocycles. The average molecular weight is 327 g/mol. The number of nitrogens with zero attached hydrogens (tertiary/aromatic N) is 1. The molecule has 0 aliphatic carbocycles. The normalized spacial score (nSPS) is 11.9. The Morgan fingerprint density at radius 2 is 2.00 bits per heavy atom. The van der Waals surface area contributed by atoms with Gasteiger partial charge in [0.25, 0.3) is 5.78 Å². The Kier molecular flexibility index (Phi) is 3.57. The van der Waals surface area contributed by atoms with Crippen LogP contribution in [0, 0.1) is 0 Å². The van der Waals surface area contributed by atoms with E-state index < -0.39 is 11.0 Å². The third-order valence-corrected chi connectivity index (χ3v) is 5.41. The van der Waals surface area contributed by atoms with Crippen molar-refractivity contribution in [2.75, 3.05) is 0 Å². The van der Waals surface area contributed by atoms with Gasteiger partial charge in [0.2, 0.25) is 0 Å². The number of aromatic nitrogens is 1. The van der Waals surface area contributed by atoms with E-state index in [0.717, 1.165) is 27.4 Å². The van der Waals surface area contributed by atoms with Crippen LogP contribution >= 0.6 is 34.4 Å². The Balaban J connectivity index is 1.87. The van der Waals surface area contributed by atoms with E-state index in [2.05, 4.69) is 4.98 Å². The number of rotatable bonds is 4. The van der Waals surface area contributed by atoms with Crippen LogP contribution in [0.15, 0.2) is 46.1 Å². The zero-order valence-electron chi connectivity index (χ0n) is 9.88. The van der Waals surface area contributed by atoms with Gasteiger partial charge >= 0.3 is 5.25 Å². The lowest BCUT2D eigenvalue weighted by Crippen LogP contribution is -2.23. The van der Waals surface area contributed by atoms with Crippen LogP contribution in [0.25, 0.3) is 10.2 Å². The van der Waals surface area contributed by atoms with E-state index in [1.807, 2.05) is 12.1 Å². The molecule has 0 atom stereocenters. The standard InChI is InChI=1S/C13H7F2NOS3/c14-13(15,11(17)10-6-3-7-18-10)20-12-16-8-4-1-2-5-9(8)19-12/h1-7H. The Morgan fingerprint density at radius 3 is 2.70 bits per heavy atom. The number of carbonyl (C=O) groups excluding carboxylic acids is 1. The lowest BCUT2D eigenvalue weighted by molar-refractivity contribution is 0.0571. The van der Waals surface area contributed by atoms with Crippen molar-refractivity contribution in [1.82, 2.24) is 4.98 Å². The first kappa shape index (κ1) is 13.7. The van der Waals surface area contributed by atoms with Gasteiger partial charge in [-0.3, -0.25) is 4.79 Å². The fourth-order valence-electron chi connectivity index (χ4n) is 1.60. The maximum absolute atomic E-state index is 14.0. The minimum Gasteiger partial charge on any atom is -0.285 e. The van der Waals surface area contributed by atoms with Crippen LogP contribution in [0.2, 0.25) is 0 Å². The van der Waals surface area contributed by atoms with Crippen molar-refractivity contribution in [2.24, 2.45) is 0 Å². The van der Waals surface area contributed by atoms with Gasteiger partial charge in [-0.15, -0.1) is 22.7 Å². The van der Waals surface area contributed by atoms with Crippen molar-refractivity contribution in [3.8, 4) is 0 Å². The van der Waals surface area contributed by atoms with E-state index in [0.29, 0.717) is 5.52 Å². The van der Waals surface area contributed by atoms with Gasteiger partial charge in [-0.1, -0.05) is 18.2 Å². The Hall–Kier alpha value is -1.31. The molecule has 0 N–H and O–H groups in total. The Morgan fingerprint density at radius 1 is 1.20 bits per heavy atom. The number of alkyl halides is 2. The Bertz CT molecular complexity index is 719. The zero-order valence-corrected chi connectivity index (χ0v) is 12.3. The van der Waals surface area contributed by atoms with E-state index in [4.69, 9.17) is 0 Å². The summed E-state index contributed by atoms with van der Waals surface area (Å²) in [5, 5.41) is -1.90. The highest BCUT2D eigenvalue weighted by molar-refractivity contribution is 8.02. The number of benzene rings is 1. The number of carbonyl (C=O) groups is 1. The zero-order chi connectivity index (χ0) is 14.2. The molecule has 0 aliphatic heterocycles. The molecule has 0 bridgehead atoms. The van der Waals surface area contributed by atoms with Crippen molar-refractivity contribution >= 4 is 50.4 Å². The van der Waals surface area contributed by atoms with Crippen LogP contribution in [-0.2, 0) is 0 Å². The second-order valence-electron chi connectivity index (χ2n) is 3.87. The molecule has 3 rings (SSSR count). The van der Waals surface area contributed by atoms with Gasteiger partial charge in [-0.05, 0) is 35.3 Å². The summed E-state index contributed by atoms with van der Waals surface area (Å²) in [5.74, 6) is -1.17. The predicted molar refractivity (Wildman–Crippen MR) is 79.1 cm³/mol. The third-order valence-electron chi connectivity index (χ3n) is 2.50. The van der Waals surface area contributed by atoms with Crippen LogP contribution in [0.1, 0.15) is 9.67 Å². The summed E-state index contributed by atoms with van der Waals surface area (Å²) < 4.78 is 29.0. The summed E-state index contributed by atoms with van der Waals surface area (Å²) in [7, 11) is 0. The number of hydrogen-bond acceptors (Lipinski definition) is 5. The minimum atomic E-state index is -3.50. The molecule has 0 aliphatic rings. The maximum atomic E-state index is 14.0. The first-order valence-corrected chi connectivity index (χ1v) is 8.08. The van der Waals surface area contributed by atoms with Gasteiger partial charge in [-0.25, -0.2) is 4.98 Å². The summed E-state index contributed by atoms with van der Waals surface area (Å²) in [6.45, 7) is 0. The molecule has 0 fully saturated rings. The quantitative estimate of drug-likeness (QED) is 0.503. The van der Waals surface area contributed by atoms with Crippen LogP contribution in [0.4, 0.5) is 8.78 Å². The molecule has 20 heavy (non-hydrogen) atoms. The SMILES string of the molecule is O=C(c1cccs1)C(F)(F)Sc1nc2ccccc2s1. The number of fused-ring (bicyclic) bond motifs is 1. The maximum Gasteiger partial charge on any atom is 0.363 e. The first-order valence-electron chi connectivity index (χ1n) is 5.57. The predicted octanol–water partition coefficient (Wildman–Crippen LogP) is 4.93. The van der Waals surface area contributed by atoms with Crippen molar-refractivity contribution in [3.63, 3.8) is 0 Å². The molecule has 0 spiro atoms. The highest BCUT2D eigenvalue weighted by Crippen LogP contribution is 2.42. The number of thiophene rings is 1. The van der Waals surface area contributed by atoms with Crippen molar-refractivity contribution in [2.45, 2.75) is 9.59 Å². The van der Waals surface area contributed by atoms with Crippen LogP contribution in [-0.4, -0.2) is 16.0 Å². The summed E-state index contributed by atoms with van der Waals surface area (Å²) in [5.41, 5.74) is 0.666. The molecule has 2 heterocycles. The van der Waals surface area contributed by atoms with E-state index in [9.17, 15) is 13.6 Å². The average Bonchev–Trinajstić information content (AvgIpc) is 3.05. The summed E-state index contributed by atoms with van der Waals surface area (Å²) in [4.78, 5) is 15.9. The first-order chi connectivity index (χ1) is 9.56. The van der Waals surface area contributed by atoms with Gasteiger partial charge in [0.1, 0.15) is 0 Å². The smallest absolute Gasteiger partial charge is 0.285 e. The second kappa shape index (κ2) is 5.23. The third kappa shape index (κ3) is 2.61.